The van der Waals surface area contributed by atoms with E-state index in [1.165, 1.54) is 35.8 Å². The topological polar surface area (TPSA) is 28.6 Å². The highest BCUT2D eigenvalue weighted by Gasteiger charge is 2.28. The molecule has 3 heterocycles. The highest BCUT2D eigenvalue weighted by molar-refractivity contribution is 7.18. The zero-order chi connectivity index (χ0) is 16.4. The van der Waals surface area contributed by atoms with Crippen molar-refractivity contribution in [1.29, 1.82) is 0 Å². The van der Waals surface area contributed by atoms with Crippen LogP contribution in [0.3, 0.4) is 0 Å². The Morgan fingerprint density at radius 1 is 1.25 bits per heavy atom. The number of morpholine rings is 1. The highest BCUT2D eigenvalue weighted by Crippen LogP contribution is 2.26. The molecule has 0 spiro atoms. The molecule has 2 saturated heterocycles. The second kappa shape index (κ2) is 7.48. The quantitative estimate of drug-likeness (QED) is 0.833. The summed E-state index contributed by atoms with van der Waals surface area (Å²) in [5, 5.41) is 1.28. The predicted molar refractivity (Wildman–Crippen MR) is 99.7 cm³/mol. The van der Waals surface area contributed by atoms with Gasteiger partial charge in [-0.15, -0.1) is 11.3 Å². The van der Waals surface area contributed by atoms with Crippen LogP contribution >= 0.6 is 11.3 Å². The number of hydrogen-bond donors (Lipinski definition) is 0. The number of benzene rings is 1. The van der Waals surface area contributed by atoms with Crippen LogP contribution in [-0.2, 0) is 11.2 Å². The van der Waals surface area contributed by atoms with E-state index in [0.29, 0.717) is 6.04 Å². The highest BCUT2D eigenvalue weighted by atomic mass is 32.1. The zero-order valence-electron chi connectivity index (χ0n) is 14.5. The van der Waals surface area contributed by atoms with E-state index in [0.717, 1.165) is 44.2 Å². The van der Waals surface area contributed by atoms with Crippen LogP contribution in [0.4, 0.5) is 0 Å². The molecule has 2 atom stereocenters. The Kier molecular flexibility index (Phi) is 5.13. The van der Waals surface area contributed by atoms with Gasteiger partial charge in [0.05, 0.1) is 28.4 Å². The standard InChI is InChI=1S/C19H27N3OS/c1-15(12-19-20-17-4-2-3-5-18(17)24-19)22-7-6-16(14-22)13-21-8-10-23-11-9-21/h2-5,15-16H,6-14H2,1H3/t15-,16+/m1/s1. The SMILES string of the molecule is C[C@H](Cc1nc2ccccc2s1)N1CC[C@@H](CN2CCOCC2)C1. The predicted octanol–water partition coefficient (Wildman–Crippen LogP) is 2.88. The fourth-order valence-electron chi connectivity index (χ4n) is 3.95. The second-order valence-electron chi connectivity index (χ2n) is 7.19. The molecule has 2 fully saturated rings. The molecule has 4 rings (SSSR count). The molecule has 0 saturated carbocycles. The summed E-state index contributed by atoms with van der Waals surface area (Å²) in [6.07, 6.45) is 2.41. The van der Waals surface area contributed by atoms with Gasteiger partial charge in [0.25, 0.3) is 0 Å². The van der Waals surface area contributed by atoms with E-state index < -0.39 is 0 Å². The molecule has 2 aliphatic rings. The Morgan fingerprint density at radius 3 is 2.92 bits per heavy atom. The first-order chi connectivity index (χ1) is 11.8. The molecule has 1 aromatic heterocycles. The van der Waals surface area contributed by atoms with Crippen molar-refractivity contribution < 1.29 is 4.74 Å². The third-order valence-electron chi connectivity index (χ3n) is 5.37. The van der Waals surface area contributed by atoms with Crippen LogP contribution in [0.25, 0.3) is 10.2 Å². The normalized spacial score (nSPS) is 24.6. The molecule has 0 amide bonds. The average molecular weight is 346 g/mol. The average Bonchev–Trinajstić information content (AvgIpc) is 3.22. The van der Waals surface area contributed by atoms with Crippen molar-refractivity contribution in [2.45, 2.75) is 25.8 Å². The molecular formula is C19H27N3OS. The van der Waals surface area contributed by atoms with Gasteiger partial charge >= 0.3 is 0 Å². The Balaban J connectivity index is 1.31. The fraction of sp³-hybridized carbons (Fsp3) is 0.632. The Morgan fingerprint density at radius 2 is 2.08 bits per heavy atom. The summed E-state index contributed by atoms with van der Waals surface area (Å²) in [5.41, 5.74) is 1.15. The molecule has 4 nitrogen and oxygen atoms in total. The van der Waals surface area contributed by atoms with Gasteiger partial charge in [0, 0.05) is 38.6 Å². The van der Waals surface area contributed by atoms with Crippen LogP contribution < -0.4 is 0 Å². The lowest BCUT2D eigenvalue weighted by atomic mass is 10.1. The summed E-state index contributed by atoms with van der Waals surface area (Å²) in [6.45, 7) is 10.1. The Hall–Kier alpha value is -1.01. The molecule has 1 aromatic carbocycles. The maximum Gasteiger partial charge on any atom is 0.0954 e. The number of hydrogen-bond acceptors (Lipinski definition) is 5. The number of rotatable bonds is 5. The lowest BCUT2D eigenvalue weighted by Gasteiger charge is -2.29. The molecule has 0 N–H and O–H groups in total. The summed E-state index contributed by atoms with van der Waals surface area (Å²) in [5.74, 6) is 0.820. The number of likely N-dealkylation sites (tertiary alicyclic amines) is 1. The summed E-state index contributed by atoms with van der Waals surface area (Å²) < 4.78 is 6.77. The Labute approximate surface area is 148 Å². The molecule has 130 valence electrons. The van der Waals surface area contributed by atoms with Crippen LogP contribution in [0.15, 0.2) is 24.3 Å². The minimum absolute atomic E-state index is 0.584. The number of fused-ring (bicyclic) bond motifs is 1. The Bertz CT molecular complexity index is 634. The van der Waals surface area contributed by atoms with Crippen molar-refractivity contribution in [2.24, 2.45) is 5.92 Å². The largest absolute Gasteiger partial charge is 0.379 e. The summed E-state index contributed by atoms with van der Waals surface area (Å²) in [6, 6.07) is 9.06. The summed E-state index contributed by atoms with van der Waals surface area (Å²) in [7, 11) is 0. The van der Waals surface area contributed by atoms with E-state index in [1.54, 1.807) is 0 Å². The van der Waals surface area contributed by atoms with E-state index in [2.05, 4.69) is 41.0 Å². The zero-order valence-corrected chi connectivity index (χ0v) is 15.3. The van der Waals surface area contributed by atoms with Gasteiger partial charge in [0.15, 0.2) is 0 Å². The molecule has 2 aliphatic heterocycles. The molecule has 0 unspecified atom stereocenters. The minimum Gasteiger partial charge on any atom is -0.379 e. The minimum atomic E-state index is 0.584. The summed E-state index contributed by atoms with van der Waals surface area (Å²) in [4.78, 5) is 10.0. The van der Waals surface area contributed by atoms with Crippen LogP contribution in [0, 0.1) is 5.92 Å². The number of aromatic nitrogens is 1. The van der Waals surface area contributed by atoms with Gasteiger partial charge in [-0.3, -0.25) is 9.80 Å². The van der Waals surface area contributed by atoms with Crippen LogP contribution in [0.2, 0.25) is 0 Å². The van der Waals surface area contributed by atoms with Gasteiger partial charge in [-0.05, 0) is 37.9 Å². The molecule has 0 radical (unpaired) electrons. The third kappa shape index (κ3) is 3.80. The molecule has 0 aliphatic carbocycles. The van der Waals surface area contributed by atoms with Crippen molar-refractivity contribution >= 4 is 21.6 Å². The maximum absolute atomic E-state index is 5.46. The van der Waals surface area contributed by atoms with Crippen LogP contribution in [-0.4, -0.2) is 66.8 Å². The van der Waals surface area contributed by atoms with Crippen LogP contribution in [0.1, 0.15) is 18.4 Å². The van der Waals surface area contributed by atoms with Crippen molar-refractivity contribution in [3.63, 3.8) is 0 Å². The van der Waals surface area contributed by atoms with E-state index in [9.17, 15) is 0 Å². The monoisotopic (exact) mass is 345 g/mol. The van der Waals surface area contributed by atoms with Crippen molar-refractivity contribution in [3.05, 3.63) is 29.3 Å². The van der Waals surface area contributed by atoms with E-state index in [-0.39, 0.29) is 0 Å². The third-order valence-corrected chi connectivity index (χ3v) is 6.43. The maximum atomic E-state index is 5.46. The van der Waals surface area contributed by atoms with Crippen molar-refractivity contribution in [1.82, 2.24) is 14.8 Å². The van der Waals surface area contributed by atoms with Gasteiger partial charge in [-0.25, -0.2) is 4.98 Å². The molecular weight excluding hydrogens is 318 g/mol. The van der Waals surface area contributed by atoms with Gasteiger partial charge < -0.3 is 4.74 Å². The first-order valence-electron chi connectivity index (χ1n) is 9.16. The lowest BCUT2D eigenvalue weighted by molar-refractivity contribution is 0.0309. The van der Waals surface area contributed by atoms with Crippen molar-refractivity contribution in [2.75, 3.05) is 45.9 Å². The lowest BCUT2D eigenvalue weighted by Crippen LogP contribution is -2.40. The molecule has 2 aromatic rings. The fourth-order valence-corrected chi connectivity index (χ4v) is 5.04. The second-order valence-corrected chi connectivity index (χ2v) is 8.31. The molecule has 0 bridgehead atoms. The first-order valence-corrected chi connectivity index (χ1v) is 9.98. The number of ether oxygens (including phenoxy) is 1. The first kappa shape index (κ1) is 16.5. The van der Waals surface area contributed by atoms with Gasteiger partial charge in [0.1, 0.15) is 0 Å². The number of nitrogens with zero attached hydrogens (tertiary/aromatic N) is 3. The van der Waals surface area contributed by atoms with E-state index in [4.69, 9.17) is 9.72 Å². The number of para-hydroxylation sites is 1. The van der Waals surface area contributed by atoms with Crippen molar-refractivity contribution in [3.8, 4) is 0 Å². The van der Waals surface area contributed by atoms with E-state index in [1.807, 2.05) is 11.3 Å². The van der Waals surface area contributed by atoms with Gasteiger partial charge in [-0.1, -0.05) is 12.1 Å². The number of thiazole rings is 1. The summed E-state index contributed by atoms with van der Waals surface area (Å²) >= 11 is 1.85. The van der Waals surface area contributed by atoms with E-state index >= 15 is 0 Å². The van der Waals surface area contributed by atoms with Gasteiger partial charge in [0.2, 0.25) is 0 Å². The van der Waals surface area contributed by atoms with Gasteiger partial charge in [-0.2, -0.15) is 0 Å². The smallest absolute Gasteiger partial charge is 0.0954 e. The molecule has 24 heavy (non-hydrogen) atoms. The van der Waals surface area contributed by atoms with Crippen LogP contribution in [0.5, 0.6) is 0 Å². The molecule has 5 heteroatoms.